The lowest BCUT2D eigenvalue weighted by atomic mass is 10.1. The molecule has 5 rings (SSSR count). The Hall–Kier alpha value is -2.94. The van der Waals surface area contributed by atoms with Crippen molar-refractivity contribution in [3.63, 3.8) is 0 Å². The lowest BCUT2D eigenvalue weighted by Gasteiger charge is -2.05. The van der Waals surface area contributed by atoms with Crippen molar-refractivity contribution in [3.05, 3.63) is 66.1 Å². The molecule has 0 radical (unpaired) electrons. The van der Waals surface area contributed by atoms with Crippen molar-refractivity contribution in [2.24, 2.45) is 7.05 Å². The first-order valence-electron chi connectivity index (χ1n) is 8.23. The quantitative estimate of drug-likeness (QED) is 0.425. The lowest BCUT2D eigenvalue weighted by Crippen LogP contribution is -2.32. The van der Waals surface area contributed by atoms with Crippen molar-refractivity contribution in [3.8, 4) is 11.4 Å². The molecule has 3 aromatic heterocycles. The van der Waals surface area contributed by atoms with Crippen LogP contribution < -0.4 is 4.57 Å². The summed E-state index contributed by atoms with van der Waals surface area (Å²) < 4.78 is 4.53. The molecule has 0 N–H and O–H groups in total. The Morgan fingerprint density at radius 2 is 1.67 bits per heavy atom. The summed E-state index contributed by atoms with van der Waals surface area (Å²) in [5, 5.41) is 3.96. The van der Waals surface area contributed by atoms with Gasteiger partial charge in [0.25, 0.3) is 6.33 Å². The van der Waals surface area contributed by atoms with Gasteiger partial charge in [-0.25, -0.2) is 4.57 Å². The predicted octanol–water partition coefficient (Wildman–Crippen LogP) is 4.19. The molecule has 0 aliphatic rings. The highest BCUT2D eigenvalue weighted by molar-refractivity contribution is 6.16. The third kappa shape index (κ3) is 1.56. The first kappa shape index (κ1) is 13.5. The van der Waals surface area contributed by atoms with Crippen molar-refractivity contribution < 1.29 is 4.57 Å². The highest BCUT2D eigenvalue weighted by Gasteiger charge is 2.23. The summed E-state index contributed by atoms with van der Waals surface area (Å²) in [7, 11) is 2.06. The molecule has 5 aromatic rings. The minimum atomic E-state index is 1.03. The second-order valence-electron chi connectivity index (χ2n) is 6.55. The van der Waals surface area contributed by atoms with Crippen molar-refractivity contribution in [2.45, 2.75) is 13.8 Å². The summed E-state index contributed by atoms with van der Waals surface area (Å²) in [6, 6.07) is 17.5. The minimum absolute atomic E-state index is 1.03. The number of nitrogens with zero attached hydrogens (tertiary/aromatic N) is 3. The van der Waals surface area contributed by atoms with Crippen molar-refractivity contribution in [1.29, 1.82) is 0 Å². The van der Waals surface area contributed by atoms with Crippen LogP contribution in [0.25, 0.3) is 38.6 Å². The number of para-hydroxylation sites is 2. The Morgan fingerprint density at radius 1 is 0.917 bits per heavy atom. The summed E-state index contributed by atoms with van der Waals surface area (Å²) in [6.45, 7) is 4.27. The predicted molar refractivity (Wildman–Crippen MR) is 97.5 cm³/mol. The maximum absolute atomic E-state index is 4.41. The van der Waals surface area contributed by atoms with Gasteiger partial charge in [-0.3, -0.25) is 0 Å². The molecule has 0 atom stereocenters. The molecule has 0 fully saturated rings. The standard InChI is InChI=1S/C21H18N3/c1-13-11-19(23(3)12-22-13)20-14(2)15-8-6-9-17-16-7-4-5-10-18(16)24(20)21(15)17/h4-12H,1-3H3/q+1. The monoisotopic (exact) mass is 312 g/mol. The van der Waals surface area contributed by atoms with Gasteiger partial charge in [0, 0.05) is 29.1 Å². The van der Waals surface area contributed by atoms with E-state index in [0.717, 1.165) is 5.69 Å². The van der Waals surface area contributed by atoms with Gasteiger partial charge in [0.1, 0.15) is 0 Å². The Morgan fingerprint density at radius 3 is 2.54 bits per heavy atom. The molecule has 3 heterocycles. The molecular formula is C21H18N3+. The van der Waals surface area contributed by atoms with Gasteiger partial charge in [0.15, 0.2) is 11.4 Å². The van der Waals surface area contributed by atoms with E-state index in [0.29, 0.717) is 0 Å². The number of aromatic nitrogens is 3. The van der Waals surface area contributed by atoms with Crippen LogP contribution in [0, 0.1) is 13.8 Å². The minimum Gasteiger partial charge on any atom is -0.304 e. The Labute approximate surface area is 140 Å². The first-order chi connectivity index (χ1) is 11.7. The van der Waals surface area contributed by atoms with Crippen LogP contribution in [0.3, 0.4) is 0 Å². The van der Waals surface area contributed by atoms with Gasteiger partial charge in [0.05, 0.1) is 23.8 Å². The molecule has 2 aromatic carbocycles. The van der Waals surface area contributed by atoms with E-state index in [1.165, 1.54) is 44.1 Å². The maximum Gasteiger partial charge on any atom is 0.286 e. The molecule has 0 aliphatic carbocycles. The molecule has 0 saturated heterocycles. The van der Waals surface area contributed by atoms with Gasteiger partial charge >= 0.3 is 0 Å². The number of fused-ring (bicyclic) bond motifs is 3. The number of rotatable bonds is 1. The van der Waals surface area contributed by atoms with Crippen LogP contribution in [-0.2, 0) is 7.05 Å². The van der Waals surface area contributed by atoms with Crippen LogP contribution in [-0.4, -0.2) is 9.38 Å². The number of hydrogen-bond donors (Lipinski definition) is 0. The van der Waals surface area contributed by atoms with Gasteiger partial charge in [0.2, 0.25) is 0 Å². The zero-order valence-corrected chi connectivity index (χ0v) is 14.0. The van der Waals surface area contributed by atoms with Crippen LogP contribution in [0.4, 0.5) is 0 Å². The normalized spacial score (nSPS) is 12.0. The number of hydrogen-bond acceptors (Lipinski definition) is 1. The smallest absolute Gasteiger partial charge is 0.286 e. The second-order valence-corrected chi connectivity index (χ2v) is 6.55. The topological polar surface area (TPSA) is 21.2 Å². The van der Waals surface area contributed by atoms with Gasteiger partial charge in [-0.1, -0.05) is 41.4 Å². The molecule has 24 heavy (non-hydrogen) atoms. The third-order valence-electron chi connectivity index (χ3n) is 5.08. The van der Waals surface area contributed by atoms with E-state index < -0.39 is 0 Å². The fourth-order valence-corrected chi connectivity index (χ4v) is 3.97. The molecule has 3 heteroatoms. The highest BCUT2D eigenvalue weighted by Crippen LogP contribution is 2.40. The molecule has 116 valence electrons. The molecule has 0 unspecified atom stereocenters. The Bertz CT molecular complexity index is 1230. The molecular weight excluding hydrogens is 294 g/mol. The summed E-state index contributed by atoms with van der Waals surface area (Å²) in [4.78, 5) is 4.41. The molecule has 3 nitrogen and oxygen atoms in total. The average molecular weight is 312 g/mol. The molecule has 0 saturated carbocycles. The summed E-state index contributed by atoms with van der Waals surface area (Å²) >= 11 is 0. The molecule has 0 amide bonds. The summed E-state index contributed by atoms with van der Waals surface area (Å²) in [5.74, 6) is 0. The van der Waals surface area contributed by atoms with E-state index in [1.54, 1.807) is 0 Å². The SMILES string of the molecule is Cc1cc(-c2c(C)c3cccc4c5ccccc5n2c34)[n+](C)cn1. The number of benzene rings is 2. The largest absolute Gasteiger partial charge is 0.304 e. The fraction of sp³-hybridized carbons (Fsp3) is 0.143. The maximum atomic E-state index is 4.41. The lowest BCUT2D eigenvalue weighted by molar-refractivity contribution is -0.663. The van der Waals surface area contributed by atoms with Gasteiger partial charge < -0.3 is 4.40 Å². The second kappa shape index (κ2) is 4.54. The van der Waals surface area contributed by atoms with E-state index in [-0.39, 0.29) is 0 Å². The molecule has 0 aliphatic heterocycles. The van der Waals surface area contributed by atoms with Crippen LogP contribution in [0.5, 0.6) is 0 Å². The van der Waals surface area contributed by atoms with E-state index >= 15 is 0 Å². The van der Waals surface area contributed by atoms with E-state index in [9.17, 15) is 0 Å². The Balaban J connectivity index is 2.09. The van der Waals surface area contributed by atoms with E-state index in [2.05, 4.69) is 76.5 Å². The van der Waals surface area contributed by atoms with E-state index in [1.807, 2.05) is 13.3 Å². The fourth-order valence-electron chi connectivity index (χ4n) is 3.97. The van der Waals surface area contributed by atoms with Gasteiger partial charge in [-0.15, -0.1) is 0 Å². The van der Waals surface area contributed by atoms with Crippen LogP contribution in [0.2, 0.25) is 0 Å². The third-order valence-corrected chi connectivity index (χ3v) is 5.08. The summed E-state index contributed by atoms with van der Waals surface area (Å²) in [5.41, 5.74) is 7.39. The van der Waals surface area contributed by atoms with Crippen molar-refractivity contribution >= 4 is 27.2 Å². The van der Waals surface area contributed by atoms with E-state index in [4.69, 9.17) is 0 Å². The molecule has 0 bridgehead atoms. The van der Waals surface area contributed by atoms with Gasteiger partial charge in [-0.05, 0) is 18.6 Å². The zero-order chi connectivity index (χ0) is 16.4. The number of aryl methyl sites for hydroxylation is 3. The summed E-state index contributed by atoms with van der Waals surface area (Å²) in [6.07, 6.45) is 1.90. The zero-order valence-electron chi connectivity index (χ0n) is 14.0. The first-order valence-corrected chi connectivity index (χ1v) is 8.23. The van der Waals surface area contributed by atoms with Crippen LogP contribution in [0.1, 0.15) is 11.3 Å². The Kier molecular flexibility index (Phi) is 2.55. The average Bonchev–Trinajstić information content (AvgIpc) is 3.08. The van der Waals surface area contributed by atoms with Crippen LogP contribution >= 0.6 is 0 Å². The molecule has 0 spiro atoms. The van der Waals surface area contributed by atoms with Gasteiger partial charge in [-0.2, -0.15) is 0 Å². The van der Waals surface area contributed by atoms with Crippen LogP contribution in [0.15, 0.2) is 54.9 Å². The van der Waals surface area contributed by atoms with Crippen molar-refractivity contribution in [1.82, 2.24) is 9.38 Å². The highest BCUT2D eigenvalue weighted by atomic mass is 15.0. The van der Waals surface area contributed by atoms with Crippen molar-refractivity contribution in [2.75, 3.05) is 0 Å².